The molecule has 1 aliphatic heterocycles. The predicted octanol–water partition coefficient (Wildman–Crippen LogP) is 4.29. The molecular formula is C23H26N4O3. The maximum Gasteiger partial charge on any atom is 0.176 e. The summed E-state index contributed by atoms with van der Waals surface area (Å²) in [5, 5.41) is 8.91. The van der Waals surface area contributed by atoms with Crippen molar-refractivity contribution in [1.82, 2.24) is 9.97 Å². The molecule has 0 spiro atoms. The summed E-state index contributed by atoms with van der Waals surface area (Å²) < 4.78 is 11.4. The topological polar surface area (TPSA) is 91.3 Å². The van der Waals surface area contributed by atoms with Crippen LogP contribution in [0.25, 0.3) is 11.0 Å². The Morgan fingerprint density at radius 1 is 1.10 bits per heavy atom. The number of amidine groups is 1. The molecule has 1 aromatic heterocycles. The SMILES string of the molecule is CCOc1cc(OCC)cc(N2C(=N)C(c3nc4ccccc4[nH]3)C(=O)C2(C)C)c1. The lowest BCUT2D eigenvalue weighted by molar-refractivity contribution is -0.121. The summed E-state index contributed by atoms with van der Waals surface area (Å²) in [5.74, 6) is 1.11. The van der Waals surface area contributed by atoms with E-state index in [2.05, 4.69) is 9.97 Å². The average molecular weight is 406 g/mol. The van der Waals surface area contributed by atoms with Crippen LogP contribution in [0.1, 0.15) is 39.4 Å². The van der Waals surface area contributed by atoms with E-state index >= 15 is 0 Å². The number of Topliss-reactive ketones (excluding diaryl/α,β-unsaturated/α-hetero) is 1. The Kier molecular flexibility index (Phi) is 4.97. The van der Waals surface area contributed by atoms with E-state index in [1.54, 1.807) is 4.90 Å². The summed E-state index contributed by atoms with van der Waals surface area (Å²) in [6.07, 6.45) is 0. The molecule has 0 amide bonds. The lowest BCUT2D eigenvalue weighted by atomic mass is 9.93. The predicted molar refractivity (Wildman–Crippen MR) is 117 cm³/mol. The minimum atomic E-state index is -0.922. The van der Waals surface area contributed by atoms with Crippen molar-refractivity contribution >= 4 is 28.3 Å². The van der Waals surface area contributed by atoms with Crippen LogP contribution in [0, 0.1) is 5.41 Å². The van der Waals surface area contributed by atoms with E-state index in [1.807, 2.05) is 70.2 Å². The number of hydrogen-bond donors (Lipinski definition) is 2. The number of fused-ring (bicyclic) bond motifs is 1. The van der Waals surface area contributed by atoms with E-state index in [1.165, 1.54) is 0 Å². The first-order chi connectivity index (χ1) is 14.4. The maximum atomic E-state index is 13.4. The number of ether oxygens (including phenoxy) is 2. The van der Waals surface area contributed by atoms with Gasteiger partial charge in [-0.25, -0.2) is 4.98 Å². The summed E-state index contributed by atoms with van der Waals surface area (Å²) >= 11 is 0. The minimum Gasteiger partial charge on any atom is -0.494 e. The van der Waals surface area contributed by atoms with Crippen LogP contribution in [0.5, 0.6) is 11.5 Å². The number of rotatable bonds is 6. The summed E-state index contributed by atoms with van der Waals surface area (Å²) in [6.45, 7) is 8.51. The number of ketones is 1. The molecule has 3 aromatic rings. The first-order valence-electron chi connectivity index (χ1n) is 10.1. The van der Waals surface area contributed by atoms with Crippen molar-refractivity contribution in [2.45, 2.75) is 39.2 Å². The number of carbonyl (C=O) groups excluding carboxylic acids is 1. The number of hydrogen-bond acceptors (Lipinski definition) is 5. The number of para-hydroxylation sites is 2. The van der Waals surface area contributed by atoms with Gasteiger partial charge in [-0.2, -0.15) is 0 Å². The molecule has 2 heterocycles. The maximum absolute atomic E-state index is 13.4. The fourth-order valence-corrected chi connectivity index (χ4v) is 4.03. The van der Waals surface area contributed by atoms with Crippen molar-refractivity contribution in [2.24, 2.45) is 0 Å². The van der Waals surface area contributed by atoms with E-state index in [9.17, 15) is 4.79 Å². The largest absolute Gasteiger partial charge is 0.494 e. The third-order valence-corrected chi connectivity index (χ3v) is 5.36. The standard InChI is InChI=1S/C23H26N4O3/c1-5-29-15-11-14(12-16(13-15)30-6-2)27-21(24)19(20(28)23(27,3)4)22-25-17-9-7-8-10-18(17)26-22/h7-13,19,24H,5-6H2,1-4H3,(H,25,26). The number of aromatic nitrogens is 2. The first kappa shape index (κ1) is 19.9. The van der Waals surface area contributed by atoms with Gasteiger partial charge in [0.1, 0.15) is 34.6 Å². The molecule has 30 heavy (non-hydrogen) atoms. The van der Waals surface area contributed by atoms with E-state index in [-0.39, 0.29) is 11.6 Å². The highest BCUT2D eigenvalue weighted by atomic mass is 16.5. The third kappa shape index (κ3) is 3.20. The fraction of sp³-hybridized carbons (Fsp3) is 0.348. The van der Waals surface area contributed by atoms with Crippen LogP contribution in [-0.4, -0.2) is 40.3 Å². The van der Waals surface area contributed by atoms with Crippen LogP contribution in [0.15, 0.2) is 42.5 Å². The van der Waals surface area contributed by atoms with Crippen LogP contribution in [0.2, 0.25) is 0 Å². The highest BCUT2D eigenvalue weighted by molar-refractivity contribution is 6.25. The molecule has 4 rings (SSSR count). The monoisotopic (exact) mass is 406 g/mol. The van der Waals surface area contributed by atoms with E-state index in [0.29, 0.717) is 36.2 Å². The number of anilines is 1. The summed E-state index contributed by atoms with van der Waals surface area (Å²) in [4.78, 5) is 23.0. The Morgan fingerprint density at radius 2 is 1.73 bits per heavy atom. The molecule has 1 atom stereocenters. The Morgan fingerprint density at radius 3 is 2.33 bits per heavy atom. The van der Waals surface area contributed by atoms with Crippen LogP contribution in [-0.2, 0) is 4.79 Å². The molecule has 0 radical (unpaired) electrons. The lowest BCUT2D eigenvalue weighted by Gasteiger charge is -2.32. The molecule has 7 nitrogen and oxygen atoms in total. The number of H-pyrrole nitrogens is 1. The van der Waals surface area contributed by atoms with Crippen molar-refractivity contribution < 1.29 is 14.3 Å². The van der Waals surface area contributed by atoms with Crippen molar-refractivity contribution in [3.05, 3.63) is 48.3 Å². The van der Waals surface area contributed by atoms with Gasteiger partial charge in [-0.05, 0) is 39.8 Å². The highest BCUT2D eigenvalue weighted by Crippen LogP contribution is 2.42. The summed E-state index contributed by atoms with van der Waals surface area (Å²) in [6, 6.07) is 13.1. The zero-order valence-corrected chi connectivity index (χ0v) is 17.7. The summed E-state index contributed by atoms with van der Waals surface area (Å²) in [7, 11) is 0. The number of nitrogens with one attached hydrogen (secondary N) is 2. The molecule has 0 aliphatic carbocycles. The Balaban J connectivity index is 1.79. The highest BCUT2D eigenvalue weighted by Gasteiger charge is 2.53. The second-order valence-corrected chi connectivity index (χ2v) is 7.74. The zero-order valence-electron chi connectivity index (χ0n) is 17.7. The van der Waals surface area contributed by atoms with Crippen LogP contribution in [0.3, 0.4) is 0 Å². The molecule has 1 fully saturated rings. The van der Waals surface area contributed by atoms with Gasteiger partial charge in [0.15, 0.2) is 5.78 Å². The second kappa shape index (κ2) is 7.48. The van der Waals surface area contributed by atoms with Gasteiger partial charge in [0.2, 0.25) is 0 Å². The van der Waals surface area contributed by atoms with Gasteiger partial charge in [-0.1, -0.05) is 12.1 Å². The molecule has 0 saturated carbocycles. The van der Waals surface area contributed by atoms with Crippen molar-refractivity contribution in [2.75, 3.05) is 18.1 Å². The van der Waals surface area contributed by atoms with E-state index in [4.69, 9.17) is 14.9 Å². The van der Waals surface area contributed by atoms with Gasteiger partial charge in [-0.15, -0.1) is 0 Å². The molecule has 2 aromatic carbocycles. The smallest absolute Gasteiger partial charge is 0.176 e. The first-order valence-corrected chi connectivity index (χ1v) is 10.1. The normalized spacial score (nSPS) is 18.3. The number of imidazole rings is 1. The average Bonchev–Trinajstić information content (AvgIpc) is 3.18. The van der Waals surface area contributed by atoms with Gasteiger partial charge in [0, 0.05) is 18.2 Å². The Hall–Kier alpha value is -3.35. The Bertz CT molecular complexity index is 1060. The molecule has 7 heteroatoms. The summed E-state index contributed by atoms with van der Waals surface area (Å²) in [5.41, 5.74) is 1.39. The van der Waals surface area contributed by atoms with Crippen molar-refractivity contribution in [3.63, 3.8) is 0 Å². The van der Waals surface area contributed by atoms with Crippen LogP contribution in [0.4, 0.5) is 5.69 Å². The molecule has 1 aliphatic rings. The molecule has 2 N–H and O–H groups in total. The van der Waals surface area contributed by atoms with Gasteiger partial charge in [-0.3, -0.25) is 10.2 Å². The second-order valence-electron chi connectivity index (χ2n) is 7.74. The quantitative estimate of drug-likeness (QED) is 0.637. The third-order valence-electron chi connectivity index (χ3n) is 5.36. The van der Waals surface area contributed by atoms with E-state index < -0.39 is 11.5 Å². The van der Waals surface area contributed by atoms with Crippen LogP contribution < -0.4 is 14.4 Å². The zero-order chi connectivity index (χ0) is 21.5. The number of benzene rings is 2. The molecule has 0 bridgehead atoms. The van der Waals surface area contributed by atoms with E-state index in [0.717, 1.165) is 11.0 Å². The van der Waals surface area contributed by atoms with Crippen LogP contribution >= 0.6 is 0 Å². The molecular weight excluding hydrogens is 380 g/mol. The molecule has 1 unspecified atom stereocenters. The van der Waals surface area contributed by atoms with Gasteiger partial charge in [0.25, 0.3) is 0 Å². The van der Waals surface area contributed by atoms with Crippen molar-refractivity contribution in [3.8, 4) is 11.5 Å². The fourth-order valence-electron chi connectivity index (χ4n) is 4.03. The Labute approximate surface area is 175 Å². The minimum absolute atomic E-state index is 0.0775. The molecule has 156 valence electrons. The van der Waals surface area contributed by atoms with Gasteiger partial charge >= 0.3 is 0 Å². The van der Waals surface area contributed by atoms with Gasteiger partial charge < -0.3 is 19.4 Å². The lowest BCUT2D eigenvalue weighted by Crippen LogP contribution is -2.44. The molecule has 1 saturated heterocycles. The van der Waals surface area contributed by atoms with Gasteiger partial charge in [0.05, 0.1) is 29.9 Å². The number of aromatic amines is 1. The number of carbonyl (C=O) groups is 1. The number of nitrogens with zero attached hydrogens (tertiary/aromatic N) is 2. The van der Waals surface area contributed by atoms with Crippen molar-refractivity contribution in [1.29, 1.82) is 5.41 Å².